The monoisotopic (exact) mass is 244 g/mol. The van der Waals surface area contributed by atoms with Gasteiger partial charge in [-0.1, -0.05) is 25.4 Å². The number of hydrogen-bond donors (Lipinski definition) is 2. The Labute approximate surface area is 98.4 Å². The lowest BCUT2D eigenvalue weighted by Crippen LogP contribution is -2.05. The van der Waals surface area contributed by atoms with E-state index in [1.54, 1.807) is 0 Å². The van der Waals surface area contributed by atoms with Gasteiger partial charge in [0.15, 0.2) is 11.5 Å². The predicted octanol–water partition coefficient (Wildman–Crippen LogP) is 3.23. The molecule has 0 aromatic heterocycles. The molecular formula is C11H13ClO4. The average molecular weight is 245 g/mol. The van der Waals surface area contributed by atoms with Crippen LogP contribution in [0.25, 0.3) is 0 Å². The lowest BCUT2D eigenvalue weighted by molar-refractivity contribution is 0.143. The molecule has 4 nitrogen and oxygen atoms in total. The van der Waals surface area contributed by atoms with E-state index in [9.17, 15) is 9.90 Å². The van der Waals surface area contributed by atoms with E-state index in [0.29, 0.717) is 23.4 Å². The molecule has 2 N–H and O–H groups in total. The summed E-state index contributed by atoms with van der Waals surface area (Å²) >= 11 is 5.98. The molecule has 0 aliphatic carbocycles. The highest BCUT2D eigenvalue weighted by molar-refractivity contribution is 6.31. The lowest BCUT2D eigenvalue weighted by Gasteiger charge is -2.13. The van der Waals surface area contributed by atoms with Crippen molar-refractivity contribution in [1.82, 2.24) is 0 Å². The van der Waals surface area contributed by atoms with Crippen LogP contribution in [0.3, 0.4) is 0 Å². The third-order valence-electron chi connectivity index (χ3n) is 2.33. The minimum atomic E-state index is -1.47. The Morgan fingerprint density at radius 3 is 2.38 bits per heavy atom. The second-order valence-corrected chi connectivity index (χ2v) is 3.64. The van der Waals surface area contributed by atoms with Crippen LogP contribution >= 0.6 is 11.6 Å². The van der Waals surface area contributed by atoms with Crippen molar-refractivity contribution in [1.29, 1.82) is 0 Å². The van der Waals surface area contributed by atoms with Crippen molar-refractivity contribution in [3.63, 3.8) is 0 Å². The first-order valence-electron chi connectivity index (χ1n) is 4.95. The number of rotatable bonds is 3. The van der Waals surface area contributed by atoms with Gasteiger partial charge in [0.25, 0.3) is 0 Å². The molecule has 0 heterocycles. The topological polar surface area (TPSA) is 66.8 Å². The van der Waals surface area contributed by atoms with E-state index >= 15 is 0 Å². The second-order valence-electron chi connectivity index (χ2n) is 3.24. The molecule has 0 aliphatic rings. The summed E-state index contributed by atoms with van der Waals surface area (Å²) in [5, 5.41) is 18.7. The number of phenols is 1. The first-order valence-corrected chi connectivity index (χ1v) is 5.33. The maximum Gasteiger partial charge on any atom is 0.511 e. The van der Waals surface area contributed by atoms with E-state index in [-0.39, 0.29) is 11.5 Å². The first-order chi connectivity index (χ1) is 7.51. The van der Waals surface area contributed by atoms with E-state index in [1.165, 1.54) is 6.07 Å². The van der Waals surface area contributed by atoms with Gasteiger partial charge in [0.05, 0.1) is 0 Å². The Morgan fingerprint density at radius 2 is 1.94 bits per heavy atom. The van der Waals surface area contributed by atoms with Crippen LogP contribution in [0.1, 0.15) is 25.0 Å². The van der Waals surface area contributed by atoms with Crippen molar-refractivity contribution in [3.8, 4) is 11.5 Å². The van der Waals surface area contributed by atoms with Crippen molar-refractivity contribution < 1.29 is 19.7 Å². The molecule has 0 saturated heterocycles. The van der Waals surface area contributed by atoms with E-state index in [1.807, 2.05) is 13.8 Å². The fraction of sp³-hybridized carbons (Fsp3) is 0.364. The molecule has 0 spiro atoms. The van der Waals surface area contributed by atoms with Gasteiger partial charge in [-0.05, 0) is 18.4 Å². The maximum atomic E-state index is 10.4. The smallest absolute Gasteiger partial charge is 0.504 e. The zero-order valence-electron chi connectivity index (χ0n) is 9.08. The van der Waals surface area contributed by atoms with Crippen molar-refractivity contribution in [2.24, 2.45) is 0 Å². The molecule has 0 fully saturated rings. The Morgan fingerprint density at radius 1 is 1.38 bits per heavy atom. The van der Waals surface area contributed by atoms with Crippen LogP contribution in [-0.4, -0.2) is 16.4 Å². The zero-order valence-corrected chi connectivity index (χ0v) is 9.84. The van der Waals surface area contributed by atoms with E-state index in [0.717, 1.165) is 5.56 Å². The minimum Gasteiger partial charge on any atom is -0.504 e. The fourth-order valence-corrected chi connectivity index (χ4v) is 1.99. The van der Waals surface area contributed by atoms with Crippen molar-refractivity contribution >= 4 is 17.8 Å². The predicted molar refractivity (Wildman–Crippen MR) is 60.5 cm³/mol. The van der Waals surface area contributed by atoms with Crippen LogP contribution in [0, 0.1) is 0 Å². The van der Waals surface area contributed by atoms with Gasteiger partial charge >= 0.3 is 6.16 Å². The molecular weight excluding hydrogens is 232 g/mol. The van der Waals surface area contributed by atoms with Gasteiger partial charge in [-0.15, -0.1) is 0 Å². The molecule has 1 aromatic rings. The van der Waals surface area contributed by atoms with Crippen LogP contribution in [0.4, 0.5) is 4.79 Å². The number of phenolic OH excluding ortho intramolecular Hbond substituents is 1. The molecule has 0 amide bonds. The van der Waals surface area contributed by atoms with E-state index in [2.05, 4.69) is 4.74 Å². The van der Waals surface area contributed by atoms with E-state index < -0.39 is 6.16 Å². The standard InChI is InChI=1S/C11H13ClO4/c1-3-6-7(4-2)10(13)9(5-8(6)12)16-11(14)15/h5,13H,3-4H2,1-2H3,(H,14,15). The fourth-order valence-electron chi connectivity index (χ4n) is 1.64. The number of benzene rings is 1. The van der Waals surface area contributed by atoms with Gasteiger partial charge in [0.2, 0.25) is 0 Å². The molecule has 0 unspecified atom stereocenters. The molecule has 0 aliphatic heterocycles. The summed E-state index contributed by atoms with van der Waals surface area (Å²) in [5.41, 5.74) is 1.45. The molecule has 0 saturated carbocycles. The minimum absolute atomic E-state index is 0.119. The molecule has 0 atom stereocenters. The first kappa shape index (κ1) is 12.6. The SMILES string of the molecule is CCc1c(Cl)cc(OC(=O)O)c(O)c1CC. The van der Waals surface area contributed by atoms with Gasteiger partial charge in [-0.2, -0.15) is 0 Å². The third kappa shape index (κ3) is 2.39. The van der Waals surface area contributed by atoms with Gasteiger partial charge in [0, 0.05) is 16.7 Å². The zero-order chi connectivity index (χ0) is 12.3. The van der Waals surface area contributed by atoms with Gasteiger partial charge in [0.1, 0.15) is 0 Å². The Hall–Kier alpha value is -1.42. The normalized spacial score (nSPS) is 10.2. The summed E-state index contributed by atoms with van der Waals surface area (Å²) < 4.78 is 4.45. The summed E-state index contributed by atoms with van der Waals surface area (Å²) in [7, 11) is 0. The number of ether oxygens (including phenoxy) is 1. The van der Waals surface area contributed by atoms with Crippen LogP contribution in [0.2, 0.25) is 5.02 Å². The van der Waals surface area contributed by atoms with Crippen LogP contribution in [-0.2, 0) is 12.8 Å². The summed E-state index contributed by atoms with van der Waals surface area (Å²) in [4.78, 5) is 10.4. The number of carbonyl (C=O) groups is 1. The van der Waals surface area contributed by atoms with Gasteiger partial charge in [-0.3, -0.25) is 0 Å². The van der Waals surface area contributed by atoms with Crippen LogP contribution < -0.4 is 4.74 Å². The highest BCUT2D eigenvalue weighted by Crippen LogP contribution is 2.38. The van der Waals surface area contributed by atoms with Gasteiger partial charge in [-0.25, -0.2) is 4.79 Å². The highest BCUT2D eigenvalue weighted by Gasteiger charge is 2.17. The van der Waals surface area contributed by atoms with Crippen LogP contribution in [0.5, 0.6) is 11.5 Å². The second kappa shape index (κ2) is 5.07. The lowest BCUT2D eigenvalue weighted by atomic mass is 10.0. The Bertz CT molecular complexity index is 415. The highest BCUT2D eigenvalue weighted by atomic mass is 35.5. The van der Waals surface area contributed by atoms with Crippen LogP contribution in [0.15, 0.2) is 6.07 Å². The number of aromatic hydroxyl groups is 1. The van der Waals surface area contributed by atoms with Gasteiger partial charge < -0.3 is 14.9 Å². The number of halogens is 1. The summed E-state index contributed by atoms with van der Waals surface area (Å²) in [6, 6.07) is 1.32. The average Bonchev–Trinajstić information content (AvgIpc) is 2.21. The molecule has 1 aromatic carbocycles. The molecule has 5 heteroatoms. The number of hydrogen-bond acceptors (Lipinski definition) is 3. The van der Waals surface area contributed by atoms with Crippen molar-refractivity contribution in [2.45, 2.75) is 26.7 Å². The third-order valence-corrected chi connectivity index (χ3v) is 2.67. The summed E-state index contributed by atoms with van der Waals surface area (Å²) in [6.07, 6.45) is -0.244. The Kier molecular flexibility index (Phi) is 4.01. The largest absolute Gasteiger partial charge is 0.511 e. The molecule has 1 rings (SSSR count). The molecule has 0 bridgehead atoms. The quantitative estimate of drug-likeness (QED) is 0.633. The number of carboxylic acid groups (broad SMARTS) is 1. The summed E-state index contributed by atoms with van der Waals surface area (Å²) in [6.45, 7) is 3.77. The molecule has 16 heavy (non-hydrogen) atoms. The van der Waals surface area contributed by atoms with E-state index in [4.69, 9.17) is 16.7 Å². The Balaban J connectivity index is 3.33. The van der Waals surface area contributed by atoms with Crippen molar-refractivity contribution in [2.75, 3.05) is 0 Å². The van der Waals surface area contributed by atoms with Crippen molar-refractivity contribution in [3.05, 3.63) is 22.2 Å². The molecule has 88 valence electrons. The summed E-state index contributed by atoms with van der Waals surface area (Å²) in [5.74, 6) is -0.266. The maximum absolute atomic E-state index is 10.4. The molecule has 0 radical (unpaired) electrons.